The van der Waals surface area contributed by atoms with Crippen molar-refractivity contribution in [3.05, 3.63) is 106 Å². The molecule has 3 aromatic rings. The van der Waals surface area contributed by atoms with Crippen LogP contribution in [-0.2, 0) is 6.42 Å². The summed E-state index contributed by atoms with van der Waals surface area (Å²) in [4.78, 5) is 2.46. The molecular weight excluding hydrogens is 510 g/mol. The number of thiocarbonyl (C=S) groups is 1. The highest BCUT2D eigenvalue weighted by molar-refractivity contribution is 7.99. The highest BCUT2D eigenvalue weighted by Crippen LogP contribution is 2.34. The number of hydrogen-bond donors (Lipinski definition) is 1. The molecule has 0 bridgehead atoms. The fourth-order valence-electron chi connectivity index (χ4n) is 4.40. The summed E-state index contributed by atoms with van der Waals surface area (Å²) in [5.41, 5.74) is 8.14. The van der Waals surface area contributed by atoms with Crippen LogP contribution in [0.2, 0.25) is 5.02 Å². The Bertz CT molecular complexity index is 1140. The molecule has 1 aliphatic rings. The molecule has 0 saturated heterocycles. The van der Waals surface area contributed by atoms with Gasteiger partial charge < -0.3 is 5.32 Å². The predicted octanol–water partition coefficient (Wildman–Crippen LogP) is 10.8. The third-order valence-corrected chi connectivity index (χ3v) is 7.67. The number of hydrogen-bond acceptors (Lipinski definition) is 3. The zero-order valence-corrected chi connectivity index (χ0v) is 25.0. The van der Waals surface area contributed by atoms with E-state index in [0.717, 1.165) is 28.5 Å². The fraction of sp³-hybridized carbons (Fsp3) is 0.364. The van der Waals surface area contributed by atoms with Crippen LogP contribution < -0.4 is 5.32 Å². The van der Waals surface area contributed by atoms with Gasteiger partial charge in [0, 0.05) is 27.7 Å². The van der Waals surface area contributed by atoms with Gasteiger partial charge in [0.05, 0.1) is 0 Å². The number of allylic oxidation sites excluding steroid dienone is 2. The topological polar surface area (TPSA) is 12.0 Å². The lowest BCUT2D eigenvalue weighted by Crippen LogP contribution is -2.05. The molecule has 37 heavy (non-hydrogen) atoms. The van der Waals surface area contributed by atoms with Gasteiger partial charge in [-0.1, -0.05) is 80.5 Å². The maximum absolute atomic E-state index is 5.64. The van der Waals surface area contributed by atoms with Crippen LogP contribution in [-0.4, -0.2) is 10.6 Å². The van der Waals surface area contributed by atoms with Crippen molar-refractivity contribution in [2.45, 2.75) is 77.0 Å². The average molecular weight is 550 g/mol. The number of aryl methyl sites for hydroxylation is 1. The minimum Gasteiger partial charge on any atom is -0.359 e. The molecule has 1 unspecified atom stereocenters. The second-order valence-electron chi connectivity index (χ2n) is 9.77. The summed E-state index contributed by atoms with van der Waals surface area (Å²) in [7, 11) is 0. The summed E-state index contributed by atoms with van der Waals surface area (Å²) >= 11 is 12.9. The van der Waals surface area contributed by atoms with Crippen LogP contribution >= 0.6 is 35.6 Å². The van der Waals surface area contributed by atoms with Gasteiger partial charge in [-0.05, 0) is 115 Å². The second kappa shape index (κ2) is 15.4. The number of nitrogens with one attached hydrogen (secondary N) is 1. The van der Waals surface area contributed by atoms with Crippen LogP contribution in [0.15, 0.2) is 89.0 Å². The van der Waals surface area contributed by atoms with Gasteiger partial charge in [0.25, 0.3) is 0 Å². The molecule has 4 rings (SSSR count). The molecule has 0 spiro atoms. The van der Waals surface area contributed by atoms with Crippen LogP contribution in [0.1, 0.15) is 75.5 Å². The summed E-state index contributed by atoms with van der Waals surface area (Å²) in [6.45, 7) is 8.54. The molecule has 1 saturated carbocycles. The monoisotopic (exact) mass is 549 g/mol. The van der Waals surface area contributed by atoms with E-state index in [1.807, 2.05) is 43.0 Å². The number of halogens is 1. The lowest BCUT2D eigenvalue weighted by molar-refractivity contribution is 0.635. The lowest BCUT2D eigenvalue weighted by Gasteiger charge is -2.17. The maximum atomic E-state index is 5.64. The van der Waals surface area contributed by atoms with Gasteiger partial charge in [0.1, 0.15) is 0 Å². The van der Waals surface area contributed by atoms with Gasteiger partial charge in [-0.2, -0.15) is 0 Å². The third kappa shape index (κ3) is 10.7. The van der Waals surface area contributed by atoms with Crippen molar-refractivity contribution in [3.8, 4) is 0 Å². The van der Waals surface area contributed by atoms with Crippen LogP contribution in [0.5, 0.6) is 0 Å². The molecule has 1 nitrogen and oxygen atoms in total. The Balaban J connectivity index is 0.000000405. The summed E-state index contributed by atoms with van der Waals surface area (Å²) in [6.07, 6.45) is 6.85. The minimum atomic E-state index is 0.548. The molecule has 1 N–H and O–H groups in total. The highest BCUT2D eigenvalue weighted by atomic mass is 35.5. The summed E-state index contributed by atoms with van der Waals surface area (Å²) < 4.78 is 0. The second-order valence-corrected chi connectivity index (χ2v) is 12.2. The number of benzene rings is 3. The predicted molar refractivity (Wildman–Crippen MR) is 170 cm³/mol. The first kappa shape index (κ1) is 29.5. The van der Waals surface area contributed by atoms with Gasteiger partial charge in [-0.25, -0.2) is 0 Å². The molecule has 0 radical (unpaired) electrons. The van der Waals surface area contributed by atoms with E-state index in [4.69, 9.17) is 23.8 Å². The quantitative estimate of drug-likeness (QED) is 0.188. The van der Waals surface area contributed by atoms with Crippen molar-refractivity contribution < 1.29 is 0 Å². The number of rotatable bonds is 11. The van der Waals surface area contributed by atoms with Gasteiger partial charge in [-0.15, -0.1) is 11.8 Å². The molecular formula is C33H40ClNS2. The molecule has 1 fully saturated rings. The highest BCUT2D eigenvalue weighted by Gasteiger charge is 2.18. The Morgan fingerprint density at radius 2 is 1.70 bits per heavy atom. The zero-order chi connectivity index (χ0) is 26.6. The van der Waals surface area contributed by atoms with Crippen molar-refractivity contribution in [3.63, 3.8) is 0 Å². The van der Waals surface area contributed by atoms with Crippen molar-refractivity contribution in [2.75, 3.05) is 11.1 Å². The van der Waals surface area contributed by atoms with E-state index < -0.39 is 0 Å². The van der Waals surface area contributed by atoms with E-state index in [-0.39, 0.29) is 0 Å². The van der Waals surface area contributed by atoms with Gasteiger partial charge in [-0.3, -0.25) is 0 Å². The zero-order valence-electron chi connectivity index (χ0n) is 22.6. The molecule has 0 aliphatic heterocycles. The third-order valence-electron chi connectivity index (χ3n) is 6.37. The van der Waals surface area contributed by atoms with E-state index in [2.05, 4.69) is 74.6 Å². The SMILES string of the molecule is CCCC(CC(C)=S)c1ccc(NC(Cc2ccc(SCC)cc2)=C2CC2)cc1.Cc1cccc(Cl)c1. The fourth-order valence-corrected chi connectivity index (χ4v) is 5.50. The van der Waals surface area contributed by atoms with Gasteiger partial charge >= 0.3 is 0 Å². The molecule has 0 amide bonds. The van der Waals surface area contributed by atoms with E-state index >= 15 is 0 Å². The van der Waals surface area contributed by atoms with Crippen LogP contribution in [0.4, 0.5) is 5.69 Å². The molecule has 196 valence electrons. The molecule has 3 aromatic carbocycles. The first-order chi connectivity index (χ1) is 17.9. The summed E-state index contributed by atoms with van der Waals surface area (Å²) in [5.74, 6) is 1.67. The van der Waals surface area contributed by atoms with Crippen molar-refractivity contribution >= 4 is 46.1 Å². The molecule has 0 aromatic heterocycles. The number of anilines is 1. The van der Waals surface area contributed by atoms with Crippen LogP contribution in [0.3, 0.4) is 0 Å². The first-order valence-electron chi connectivity index (χ1n) is 13.4. The standard InChI is InChI=1S/C26H33NS2.C7H7Cl/c1-4-6-23(17-19(3)28)21-11-13-24(14-12-21)27-26(22-9-10-22)18-20-7-15-25(16-8-20)29-5-2;1-6-3-2-4-7(8)5-6/h7-8,11-16,23,27H,4-6,9-10,17-18H2,1-3H3;2-5H,1H3. The van der Waals surface area contributed by atoms with Crippen molar-refractivity contribution in [1.82, 2.24) is 0 Å². The van der Waals surface area contributed by atoms with Crippen molar-refractivity contribution in [1.29, 1.82) is 0 Å². The maximum Gasteiger partial charge on any atom is 0.0408 e. The smallest absolute Gasteiger partial charge is 0.0408 e. The Labute approximate surface area is 239 Å². The van der Waals surface area contributed by atoms with Gasteiger partial charge in [0.2, 0.25) is 0 Å². The Morgan fingerprint density at radius 1 is 1.00 bits per heavy atom. The summed E-state index contributed by atoms with van der Waals surface area (Å²) in [6, 6.07) is 25.9. The molecule has 1 aliphatic carbocycles. The van der Waals surface area contributed by atoms with Crippen molar-refractivity contribution in [2.24, 2.45) is 0 Å². The molecule has 0 heterocycles. The molecule has 4 heteroatoms. The van der Waals surface area contributed by atoms with E-state index in [1.165, 1.54) is 58.7 Å². The van der Waals surface area contributed by atoms with Crippen LogP contribution in [0, 0.1) is 6.92 Å². The van der Waals surface area contributed by atoms with Crippen LogP contribution in [0.25, 0.3) is 0 Å². The Hall–Kier alpha value is -2.07. The van der Waals surface area contributed by atoms with Gasteiger partial charge in [0.15, 0.2) is 0 Å². The molecule has 1 atom stereocenters. The normalized spacial score (nSPS) is 12.8. The van der Waals surface area contributed by atoms with E-state index in [1.54, 1.807) is 5.57 Å². The average Bonchev–Trinajstić information content (AvgIpc) is 3.71. The Kier molecular flexibility index (Phi) is 12.2. The number of thioether (sulfide) groups is 1. The Morgan fingerprint density at radius 3 is 2.22 bits per heavy atom. The van der Waals surface area contributed by atoms with E-state index in [0.29, 0.717) is 5.92 Å². The lowest BCUT2D eigenvalue weighted by atomic mass is 9.90. The largest absolute Gasteiger partial charge is 0.359 e. The van der Waals surface area contributed by atoms with E-state index in [9.17, 15) is 0 Å². The first-order valence-corrected chi connectivity index (χ1v) is 15.2. The summed E-state index contributed by atoms with van der Waals surface area (Å²) in [5, 5.41) is 4.53. The minimum absolute atomic E-state index is 0.548.